The van der Waals surface area contributed by atoms with Crippen molar-refractivity contribution in [1.82, 2.24) is 5.32 Å². The maximum atomic E-state index is 12.8. The second-order valence-electron chi connectivity index (χ2n) is 3.54. The Bertz CT molecular complexity index is 467. The number of hydrogen-bond donors (Lipinski definition) is 1. The molecule has 19 heavy (non-hydrogen) atoms. The van der Waals surface area contributed by atoms with Crippen LogP contribution in [-0.4, -0.2) is 32.1 Å². The van der Waals surface area contributed by atoms with E-state index in [1.165, 1.54) is 25.3 Å². The first-order chi connectivity index (χ1) is 9.02. The lowest BCUT2D eigenvalue weighted by atomic mass is 10.3. The number of carbonyl (C=O) groups is 2. The van der Waals surface area contributed by atoms with Crippen molar-refractivity contribution in [3.8, 4) is 5.75 Å². The molecule has 0 atom stereocenters. The molecule has 0 unspecified atom stereocenters. The maximum Gasteiger partial charge on any atom is 0.307 e. The van der Waals surface area contributed by atoms with Gasteiger partial charge in [0.05, 0.1) is 18.0 Å². The van der Waals surface area contributed by atoms with Crippen LogP contribution in [0.5, 0.6) is 5.75 Å². The van der Waals surface area contributed by atoms with Crippen molar-refractivity contribution < 1.29 is 23.5 Å². The third-order valence-electron chi connectivity index (χ3n) is 2.13. The zero-order chi connectivity index (χ0) is 14.3. The van der Waals surface area contributed by atoms with Gasteiger partial charge in [0.2, 0.25) is 0 Å². The molecule has 1 rings (SSSR count). The first kappa shape index (κ1) is 15.4. The van der Waals surface area contributed by atoms with E-state index in [1.54, 1.807) is 0 Å². The van der Waals surface area contributed by atoms with Crippen LogP contribution in [0.3, 0.4) is 0 Å². The Labute approximate surface area is 118 Å². The molecule has 0 spiro atoms. The highest BCUT2D eigenvalue weighted by Crippen LogP contribution is 2.25. The van der Waals surface area contributed by atoms with Crippen molar-refractivity contribution in [2.45, 2.75) is 6.42 Å². The molecular formula is C12H13BrFNO4. The topological polar surface area (TPSA) is 64.6 Å². The molecule has 0 radical (unpaired) electrons. The first-order valence-corrected chi connectivity index (χ1v) is 6.23. The highest BCUT2D eigenvalue weighted by Gasteiger charge is 2.07. The minimum absolute atomic E-state index is 0.0997. The molecule has 0 aliphatic carbocycles. The van der Waals surface area contributed by atoms with Gasteiger partial charge >= 0.3 is 5.97 Å². The summed E-state index contributed by atoms with van der Waals surface area (Å²) in [6.07, 6.45) is 0.0997. The fourth-order valence-corrected chi connectivity index (χ4v) is 1.66. The molecule has 1 N–H and O–H groups in total. The predicted octanol–water partition coefficient (Wildman–Crippen LogP) is 1.65. The van der Waals surface area contributed by atoms with Gasteiger partial charge in [-0.15, -0.1) is 0 Å². The van der Waals surface area contributed by atoms with E-state index in [9.17, 15) is 14.0 Å². The largest absolute Gasteiger partial charge is 0.483 e. The van der Waals surface area contributed by atoms with E-state index in [2.05, 4.69) is 26.0 Å². The molecule has 0 fully saturated rings. The molecule has 5 nitrogen and oxygen atoms in total. The summed E-state index contributed by atoms with van der Waals surface area (Å²) in [5, 5.41) is 2.49. The lowest BCUT2D eigenvalue weighted by molar-refractivity contribution is -0.140. The van der Waals surface area contributed by atoms with Crippen LogP contribution in [0.4, 0.5) is 4.39 Å². The lowest BCUT2D eigenvalue weighted by Crippen LogP contribution is -2.30. The van der Waals surface area contributed by atoms with E-state index in [-0.39, 0.29) is 25.5 Å². The van der Waals surface area contributed by atoms with Gasteiger partial charge in [-0.1, -0.05) is 0 Å². The predicted molar refractivity (Wildman–Crippen MR) is 69.2 cm³/mol. The normalized spacial score (nSPS) is 9.84. The van der Waals surface area contributed by atoms with E-state index < -0.39 is 11.8 Å². The van der Waals surface area contributed by atoms with Gasteiger partial charge in [-0.05, 0) is 34.1 Å². The Morgan fingerprint density at radius 2 is 2.16 bits per heavy atom. The number of halogens is 2. The second kappa shape index (κ2) is 7.73. The second-order valence-corrected chi connectivity index (χ2v) is 4.39. The van der Waals surface area contributed by atoms with Crippen molar-refractivity contribution in [3.05, 3.63) is 28.5 Å². The molecular weight excluding hydrogens is 321 g/mol. The number of hydrogen-bond acceptors (Lipinski definition) is 4. The summed E-state index contributed by atoms with van der Waals surface area (Å²) in [5.74, 6) is -0.811. The number of amides is 1. The van der Waals surface area contributed by atoms with Crippen molar-refractivity contribution >= 4 is 27.8 Å². The third kappa shape index (κ3) is 5.69. The molecule has 0 aliphatic rings. The van der Waals surface area contributed by atoms with Crippen LogP contribution in [0.15, 0.2) is 22.7 Å². The number of nitrogens with one attached hydrogen (secondary N) is 1. The maximum absolute atomic E-state index is 12.8. The van der Waals surface area contributed by atoms with Gasteiger partial charge in [-0.25, -0.2) is 4.39 Å². The summed E-state index contributed by atoms with van der Waals surface area (Å²) >= 11 is 3.12. The third-order valence-corrected chi connectivity index (χ3v) is 2.75. The van der Waals surface area contributed by atoms with Gasteiger partial charge < -0.3 is 14.8 Å². The number of benzene rings is 1. The van der Waals surface area contributed by atoms with E-state index in [0.717, 1.165) is 0 Å². The molecule has 0 heterocycles. The van der Waals surface area contributed by atoms with Gasteiger partial charge in [0.15, 0.2) is 6.61 Å². The molecule has 1 amide bonds. The summed E-state index contributed by atoms with van der Waals surface area (Å²) in [5.41, 5.74) is 0. The summed E-state index contributed by atoms with van der Waals surface area (Å²) in [6.45, 7) is -0.0368. The number of methoxy groups -OCH3 is 1. The number of esters is 1. The van der Waals surface area contributed by atoms with Gasteiger partial charge in [0, 0.05) is 6.54 Å². The molecule has 1 aromatic rings. The smallest absolute Gasteiger partial charge is 0.307 e. The highest BCUT2D eigenvalue weighted by molar-refractivity contribution is 9.10. The molecule has 0 bridgehead atoms. The fourth-order valence-electron chi connectivity index (χ4n) is 1.19. The highest BCUT2D eigenvalue weighted by atomic mass is 79.9. The molecule has 0 saturated heterocycles. The fraction of sp³-hybridized carbons (Fsp3) is 0.333. The first-order valence-electron chi connectivity index (χ1n) is 5.44. The number of rotatable bonds is 6. The van der Waals surface area contributed by atoms with Crippen LogP contribution in [0.25, 0.3) is 0 Å². The van der Waals surface area contributed by atoms with Crippen molar-refractivity contribution in [2.24, 2.45) is 0 Å². The van der Waals surface area contributed by atoms with Gasteiger partial charge in [-0.3, -0.25) is 9.59 Å². The molecule has 7 heteroatoms. The average molecular weight is 334 g/mol. The summed E-state index contributed by atoms with van der Waals surface area (Å²) in [4.78, 5) is 22.2. The molecule has 0 aliphatic heterocycles. The van der Waals surface area contributed by atoms with E-state index >= 15 is 0 Å². The minimum Gasteiger partial charge on any atom is -0.483 e. The van der Waals surface area contributed by atoms with Gasteiger partial charge in [0.1, 0.15) is 11.6 Å². The average Bonchev–Trinajstić information content (AvgIpc) is 2.37. The lowest BCUT2D eigenvalue weighted by Gasteiger charge is -2.08. The summed E-state index contributed by atoms with van der Waals surface area (Å²) in [6, 6.07) is 3.89. The standard InChI is InChI=1S/C12H13BrFNO4/c1-18-12(17)4-5-15-11(16)7-19-10-3-2-8(14)6-9(10)13/h2-3,6H,4-5,7H2,1H3,(H,15,16). The minimum atomic E-state index is -0.401. The van der Waals surface area contributed by atoms with Crippen LogP contribution >= 0.6 is 15.9 Å². The van der Waals surface area contributed by atoms with Gasteiger partial charge in [-0.2, -0.15) is 0 Å². The van der Waals surface area contributed by atoms with Crippen molar-refractivity contribution in [2.75, 3.05) is 20.3 Å². The Balaban J connectivity index is 2.32. The van der Waals surface area contributed by atoms with Crippen LogP contribution in [0.1, 0.15) is 6.42 Å². The Hall–Kier alpha value is -1.63. The SMILES string of the molecule is COC(=O)CCNC(=O)COc1ccc(F)cc1Br. The van der Waals surface area contributed by atoms with E-state index in [0.29, 0.717) is 10.2 Å². The monoisotopic (exact) mass is 333 g/mol. The van der Waals surface area contributed by atoms with Gasteiger partial charge in [0.25, 0.3) is 5.91 Å². The quantitative estimate of drug-likeness (QED) is 0.804. The Kier molecular flexibility index (Phi) is 6.27. The summed E-state index contributed by atoms with van der Waals surface area (Å²) < 4.78 is 22.9. The van der Waals surface area contributed by atoms with Crippen molar-refractivity contribution in [1.29, 1.82) is 0 Å². The molecule has 104 valence electrons. The Morgan fingerprint density at radius 1 is 1.42 bits per heavy atom. The summed E-state index contributed by atoms with van der Waals surface area (Å²) in [7, 11) is 1.28. The van der Waals surface area contributed by atoms with E-state index in [1.807, 2.05) is 0 Å². The number of ether oxygens (including phenoxy) is 2. The molecule has 1 aromatic carbocycles. The number of carbonyl (C=O) groups excluding carboxylic acids is 2. The Morgan fingerprint density at radius 3 is 2.79 bits per heavy atom. The molecule has 0 aromatic heterocycles. The van der Waals surface area contributed by atoms with Crippen LogP contribution in [0.2, 0.25) is 0 Å². The van der Waals surface area contributed by atoms with E-state index in [4.69, 9.17) is 4.74 Å². The zero-order valence-corrected chi connectivity index (χ0v) is 11.8. The zero-order valence-electron chi connectivity index (χ0n) is 10.2. The van der Waals surface area contributed by atoms with Crippen LogP contribution in [-0.2, 0) is 14.3 Å². The molecule has 0 saturated carbocycles. The van der Waals surface area contributed by atoms with Crippen LogP contribution in [0, 0.1) is 5.82 Å². The van der Waals surface area contributed by atoms with Crippen molar-refractivity contribution in [3.63, 3.8) is 0 Å². The van der Waals surface area contributed by atoms with Crippen LogP contribution < -0.4 is 10.1 Å².